The molecule has 0 amide bonds. The predicted octanol–water partition coefficient (Wildman–Crippen LogP) is 5.05. The predicted molar refractivity (Wildman–Crippen MR) is 120 cm³/mol. The fraction of sp³-hybridized carbons (Fsp3) is 0.364. The van der Waals surface area contributed by atoms with E-state index in [1.807, 2.05) is 42.9 Å². The highest BCUT2D eigenvalue weighted by Crippen LogP contribution is 2.34. The second kappa shape index (κ2) is 9.57. The number of ether oxygens (including phenoxy) is 1. The largest absolute Gasteiger partial charge is 0.493 e. The molecule has 30 heavy (non-hydrogen) atoms. The molecule has 6 nitrogen and oxygen atoms in total. The number of nitrogens with zero attached hydrogens (tertiary/aromatic N) is 3. The van der Waals surface area contributed by atoms with Gasteiger partial charge in [-0.3, -0.25) is 4.79 Å². The van der Waals surface area contributed by atoms with Crippen LogP contribution >= 0.6 is 23.1 Å². The molecule has 0 aliphatic heterocycles. The first-order valence-corrected chi connectivity index (χ1v) is 11.4. The van der Waals surface area contributed by atoms with Crippen LogP contribution in [0.3, 0.4) is 0 Å². The van der Waals surface area contributed by atoms with Gasteiger partial charge in [-0.05, 0) is 56.5 Å². The minimum absolute atomic E-state index is 0.498. The van der Waals surface area contributed by atoms with Crippen molar-refractivity contribution in [3.8, 4) is 17.1 Å². The van der Waals surface area contributed by atoms with Gasteiger partial charge in [0.15, 0.2) is 10.2 Å². The summed E-state index contributed by atoms with van der Waals surface area (Å²) in [6, 6.07) is 5.94. The number of carbonyl (C=O) groups is 1. The molecule has 0 bridgehead atoms. The van der Waals surface area contributed by atoms with Gasteiger partial charge < -0.3 is 9.84 Å². The van der Waals surface area contributed by atoms with Gasteiger partial charge in [-0.25, -0.2) is 15.0 Å². The molecule has 2 heterocycles. The van der Waals surface area contributed by atoms with Crippen LogP contribution in [0.4, 0.5) is 0 Å². The molecule has 3 rings (SSSR count). The third kappa shape index (κ3) is 5.58. The van der Waals surface area contributed by atoms with Crippen molar-refractivity contribution in [2.45, 2.75) is 49.6 Å². The Bertz CT molecular complexity index is 1020. The number of benzene rings is 1. The van der Waals surface area contributed by atoms with Crippen LogP contribution in [0.25, 0.3) is 11.4 Å². The van der Waals surface area contributed by atoms with E-state index in [4.69, 9.17) is 4.74 Å². The molecule has 0 saturated heterocycles. The molecule has 0 aliphatic carbocycles. The number of carboxylic acids is 1. The van der Waals surface area contributed by atoms with Crippen molar-refractivity contribution in [1.82, 2.24) is 15.0 Å². The summed E-state index contributed by atoms with van der Waals surface area (Å²) in [5.41, 5.74) is 4.01. The Morgan fingerprint density at radius 1 is 1.27 bits per heavy atom. The maximum Gasteiger partial charge on any atom is 0.319 e. The third-order valence-corrected chi connectivity index (χ3v) is 6.72. The first-order valence-electron chi connectivity index (χ1n) is 9.70. The lowest BCUT2D eigenvalue weighted by Crippen LogP contribution is -2.26. The lowest BCUT2D eigenvalue weighted by Gasteiger charge is -2.15. The highest BCUT2D eigenvalue weighted by molar-refractivity contribution is 8.02. The van der Waals surface area contributed by atoms with E-state index in [2.05, 4.69) is 21.9 Å². The molecular formula is C22H25N3O3S2. The van der Waals surface area contributed by atoms with E-state index in [1.165, 1.54) is 23.1 Å². The fourth-order valence-electron chi connectivity index (χ4n) is 2.61. The molecular weight excluding hydrogens is 418 g/mol. The molecule has 0 radical (unpaired) electrons. The smallest absolute Gasteiger partial charge is 0.319 e. The summed E-state index contributed by atoms with van der Waals surface area (Å²) in [5, 5.41) is 11.2. The summed E-state index contributed by atoms with van der Waals surface area (Å²) in [6.45, 7) is 7.94. The number of aromatic nitrogens is 3. The average molecular weight is 444 g/mol. The fourth-order valence-corrected chi connectivity index (χ4v) is 4.84. The number of carboxylic acid groups (broad SMARTS) is 1. The van der Waals surface area contributed by atoms with Crippen LogP contribution in [0.15, 0.2) is 40.3 Å². The van der Waals surface area contributed by atoms with Crippen LogP contribution in [0.2, 0.25) is 0 Å². The van der Waals surface area contributed by atoms with E-state index < -0.39 is 10.7 Å². The van der Waals surface area contributed by atoms with Crippen LogP contribution < -0.4 is 4.74 Å². The zero-order valence-corrected chi connectivity index (χ0v) is 19.1. The molecule has 8 heteroatoms. The number of thiazole rings is 1. The van der Waals surface area contributed by atoms with Gasteiger partial charge in [-0.15, -0.1) is 11.3 Å². The van der Waals surface area contributed by atoms with Gasteiger partial charge in [0.2, 0.25) is 0 Å². The van der Waals surface area contributed by atoms with Gasteiger partial charge in [0.25, 0.3) is 0 Å². The van der Waals surface area contributed by atoms with Gasteiger partial charge in [-0.2, -0.15) is 0 Å². The van der Waals surface area contributed by atoms with E-state index in [0.717, 1.165) is 38.9 Å². The molecule has 1 N–H and O–H groups in total. The van der Waals surface area contributed by atoms with Crippen molar-refractivity contribution in [3.05, 3.63) is 52.8 Å². The average Bonchev–Trinajstić information content (AvgIpc) is 3.15. The van der Waals surface area contributed by atoms with Crippen molar-refractivity contribution in [1.29, 1.82) is 0 Å². The maximum atomic E-state index is 11.3. The van der Waals surface area contributed by atoms with Crippen molar-refractivity contribution < 1.29 is 14.6 Å². The Morgan fingerprint density at radius 2 is 2.00 bits per heavy atom. The summed E-state index contributed by atoms with van der Waals surface area (Å²) in [6.07, 6.45) is 5.30. The van der Waals surface area contributed by atoms with E-state index >= 15 is 0 Å². The van der Waals surface area contributed by atoms with E-state index in [0.29, 0.717) is 18.9 Å². The zero-order valence-electron chi connectivity index (χ0n) is 17.5. The van der Waals surface area contributed by atoms with Crippen LogP contribution in [0.1, 0.15) is 37.6 Å². The Labute approximate surface area is 184 Å². The lowest BCUT2D eigenvalue weighted by atomic mass is 10.1. The quantitative estimate of drug-likeness (QED) is 0.463. The lowest BCUT2D eigenvalue weighted by molar-refractivity contribution is -0.138. The molecule has 1 aromatic carbocycles. The van der Waals surface area contributed by atoms with Crippen molar-refractivity contribution in [3.63, 3.8) is 0 Å². The van der Waals surface area contributed by atoms with Crippen molar-refractivity contribution >= 4 is 29.1 Å². The van der Waals surface area contributed by atoms with Gasteiger partial charge >= 0.3 is 5.97 Å². The number of rotatable bonds is 9. The summed E-state index contributed by atoms with van der Waals surface area (Å²) in [4.78, 5) is 24.7. The van der Waals surface area contributed by atoms with Gasteiger partial charge in [0, 0.05) is 29.8 Å². The Kier molecular flexibility index (Phi) is 7.10. The molecule has 0 unspecified atom stereocenters. The first-order chi connectivity index (χ1) is 14.3. The molecule has 0 saturated carbocycles. The maximum absolute atomic E-state index is 11.3. The SMILES string of the molecule is CCc1cnc(-c2ccc(OCCc3csc(SC(C)(C)C(=O)O)n3)c(C)c2)nc1. The van der Waals surface area contributed by atoms with Crippen LogP contribution in [-0.2, 0) is 17.6 Å². The normalized spacial score (nSPS) is 11.5. The van der Waals surface area contributed by atoms with E-state index in [9.17, 15) is 9.90 Å². The highest BCUT2D eigenvalue weighted by atomic mass is 32.2. The van der Waals surface area contributed by atoms with Crippen LogP contribution in [0.5, 0.6) is 5.75 Å². The summed E-state index contributed by atoms with van der Waals surface area (Å²) < 4.78 is 5.80. The van der Waals surface area contributed by atoms with Gasteiger partial charge in [0.05, 0.1) is 12.3 Å². The number of thioether (sulfide) groups is 1. The minimum Gasteiger partial charge on any atom is -0.493 e. The number of hydrogen-bond donors (Lipinski definition) is 1. The minimum atomic E-state index is -0.898. The third-order valence-electron chi connectivity index (χ3n) is 4.55. The Balaban J connectivity index is 1.57. The molecule has 0 atom stereocenters. The van der Waals surface area contributed by atoms with Gasteiger partial charge in [0.1, 0.15) is 10.5 Å². The molecule has 158 valence electrons. The standard InChI is InChI=1S/C22H25N3O3S2/c1-5-15-11-23-19(24-12-15)16-6-7-18(14(2)10-16)28-9-8-17-13-29-21(25-17)30-22(3,4)20(26)27/h6-7,10-13H,5,8-9H2,1-4H3,(H,26,27). The monoisotopic (exact) mass is 443 g/mol. The van der Waals surface area contributed by atoms with Gasteiger partial charge in [-0.1, -0.05) is 18.7 Å². The summed E-state index contributed by atoms with van der Waals surface area (Å²) in [7, 11) is 0. The number of hydrogen-bond acceptors (Lipinski definition) is 7. The molecule has 0 aliphatic rings. The van der Waals surface area contributed by atoms with Crippen LogP contribution in [0, 0.1) is 6.92 Å². The van der Waals surface area contributed by atoms with Crippen molar-refractivity contribution in [2.75, 3.05) is 6.61 Å². The summed E-state index contributed by atoms with van der Waals surface area (Å²) in [5.74, 6) is 0.678. The van der Waals surface area contributed by atoms with Crippen LogP contribution in [-0.4, -0.2) is 37.4 Å². The van der Waals surface area contributed by atoms with E-state index in [1.54, 1.807) is 13.8 Å². The Morgan fingerprint density at radius 3 is 2.63 bits per heavy atom. The Hall–Kier alpha value is -2.45. The number of aryl methyl sites for hydroxylation is 2. The first kappa shape index (κ1) is 22.2. The molecule has 0 spiro atoms. The van der Waals surface area contributed by atoms with E-state index in [-0.39, 0.29) is 0 Å². The molecule has 0 fully saturated rings. The molecule has 3 aromatic rings. The topological polar surface area (TPSA) is 85.2 Å². The molecule has 2 aromatic heterocycles. The highest BCUT2D eigenvalue weighted by Gasteiger charge is 2.29. The second-order valence-electron chi connectivity index (χ2n) is 7.37. The second-order valence-corrected chi connectivity index (χ2v) is 10.1. The van der Waals surface area contributed by atoms with Crippen molar-refractivity contribution in [2.24, 2.45) is 0 Å². The zero-order chi connectivity index (χ0) is 21.7. The number of aliphatic carboxylic acids is 1. The summed E-state index contributed by atoms with van der Waals surface area (Å²) >= 11 is 2.73.